The van der Waals surface area contributed by atoms with Gasteiger partial charge in [0, 0.05) is 16.5 Å². The molecule has 0 spiro atoms. The fraction of sp³-hybridized carbons (Fsp3) is 0.435. The van der Waals surface area contributed by atoms with Crippen molar-refractivity contribution in [1.29, 1.82) is 0 Å². The number of amides is 1. The molecule has 32 heavy (non-hydrogen) atoms. The Morgan fingerprint density at radius 1 is 1.25 bits per heavy atom. The molecular weight excluding hydrogens is 458 g/mol. The minimum absolute atomic E-state index is 0.0317. The topological polar surface area (TPSA) is 66.5 Å². The zero-order chi connectivity index (χ0) is 23.6. The van der Waals surface area contributed by atoms with E-state index < -0.39 is 40.0 Å². The van der Waals surface area contributed by atoms with Gasteiger partial charge < -0.3 is 4.90 Å². The van der Waals surface area contributed by atoms with Crippen molar-refractivity contribution in [1.82, 2.24) is 9.62 Å². The van der Waals surface area contributed by atoms with Crippen LogP contribution in [0.25, 0.3) is 11.1 Å². The van der Waals surface area contributed by atoms with Gasteiger partial charge in [-0.2, -0.15) is 0 Å². The summed E-state index contributed by atoms with van der Waals surface area (Å²) in [4.78, 5) is 14.1. The van der Waals surface area contributed by atoms with Crippen LogP contribution in [0.15, 0.2) is 42.5 Å². The summed E-state index contributed by atoms with van der Waals surface area (Å²) >= 11 is 6.04. The number of carbonyl (C=O) groups excluding carboxylic acids is 1. The Bertz CT molecular complexity index is 1090. The zero-order valence-corrected chi connectivity index (χ0v) is 19.8. The SMILES string of the molecule is CCS(=O)(=O)N[C@H]1[C@@H](F)CN(C(=O)C(C)C)[C@H]1Cc1cccc(-c2cccc(Cl)c2)c1F. The summed E-state index contributed by atoms with van der Waals surface area (Å²) in [5.74, 6) is -1.44. The van der Waals surface area contributed by atoms with E-state index in [1.807, 2.05) is 0 Å². The van der Waals surface area contributed by atoms with E-state index in [0.29, 0.717) is 16.1 Å². The molecule has 1 aliphatic heterocycles. The first-order valence-corrected chi connectivity index (χ1v) is 12.5. The van der Waals surface area contributed by atoms with Crippen LogP contribution in [0.1, 0.15) is 26.3 Å². The molecule has 0 aliphatic carbocycles. The summed E-state index contributed by atoms with van der Waals surface area (Å²) in [6.07, 6.45) is -1.63. The van der Waals surface area contributed by atoms with Gasteiger partial charge in [-0.3, -0.25) is 4.79 Å². The second kappa shape index (κ2) is 9.85. The van der Waals surface area contributed by atoms with Crippen LogP contribution in [0.3, 0.4) is 0 Å². The number of alkyl halides is 1. The molecule has 0 unspecified atom stereocenters. The minimum Gasteiger partial charge on any atom is -0.334 e. The van der Waals surface area contributed by atoms with Crippen molar-refractivity contribution >= 4 is 27.5 Å². The number of rotatable bonds is 7. The maximum Gasteiger partial charge on any atom is 0.225 e. The van der Waals surface area contributed by atoms with Gasteiger partial charge in [0.1, 0.15) is 12.0 Å². The normalized spacial score (nSPS) is 21.3. The van der Waals surface area contributed by atoms with Gasteiger partial charge in [0.15, 0.2) is 0 Å². The average Bonchev–Trinajstić information content (AvgIpc) is 3.03. The molecule has 1 saturated heterocycles. The molecule has 1 amide bonds. The standard InChI is InChI=1S/C23H27ClF2N2O3S/c1-4-32(30,31)27-22-19(25)13-28(23(29)14(2)3)20(22)12-16-8-6-10-18(21(16)26)15-7-5-9-17(24)11-15/h5-11,14,19-20,22,27H,4,12-13H2,1-3H3/t19-,20-,22-/m0/s1. The Balaban J connectivity index is 2.00. The number of benzene rings is 2. The molecular formula is C23H27ClF2N2O3S. The van der Waals surface area contributed by atoms with Crippen LogP contribution in [-0.2, 0) is 21.2 Å². The van der Waals surface area contributed by atoms with Gasteiger partial charge in [-0.05, 0) is 36.6 Å². The molecule has 1 N–H and O–H groups in total. The Labute approximate surface area is 192 Å². The largest absolute Gasteiger partial charge is 0.334 e. The lowest BCUT2D eigenvalue weighted by Gasteiger charge is -2.30. The Morgan fingerprint density at radius 3 is 2.56 bits per heavy atom. The van der Waals surface area contributed by atoms with Crippen LogP contribution < -0.4 is 4.72 Å². The van der Waals surface area contributed by atoms with Gasteiger partial charge in [0.25, 0.3) is 0 Å². The third-order valence-electron chi connectivity index (χ3n) is 5.69. The van der Waals surface area contributed by atoms with E-state index in [0.717, 1.165) is 0 Å². The van der Waals surface area contributed by atoms with Crippen molar-refractivity contribution in [2.75, 3.05) is 12.3 Å². The summed E-state index contributed by atoms with van der Waals surface area (Å²) in [6, 6.07) is 9.62. The van der Waals surface area contributed by atoms with Crippen LogP contribution in [-0.4, -0.2) is 49.8 Å². The van der Waals surface area contributed by atoms with E-state index in [1.54, 1.807) is 56.3 Å². The quantitative estimate of drug-likeness (QED) is 0.640. The molecule has 1 fully saturated rings. The van der Waals surface area contributed by atoms with E-state index in [9.17, 15) is 17.6 Å². The highest BCUT2D eigenvalue weighted by Gasteiger charge is 2.46. The van der Waals surface area contributed by atoms with E-state index in [2.05, 4.69) is 4.72 Å². The molecule has 1 heterocycles. The predicted molar refractivity (Wildman–Crippen MR) is 122 cm³/mol. The summed E-state index contributed by atoms with van der Waals surface area (Å²) in [6.45, 7) is 4.59. The molecule has 1 aliphatic rings. The maximum atomic E-state index is 15.5. The van der Waals surface area contributed by atoms with E-state index in [4.69, 9.17) is 11.6 Å². The molecule has 5 nitrogen and oxygen atoms in total. The van der Waals surface area contributed by atoms with Gasteiger partial charge >= 0.3 is 0 Å². The minimum atomic E-state index is -3.73. The molecule has 3 rings (SSSR count). The molecule has 174 valence electrons. The van der Waals surface area contributed by atoms with Crippen molar-refractivity contribution in [3.8, 4) is 11.1 Å². The van der Waals surface area contributed by atoms with E-state index >= 15 is 4.39 Å². The highest BCUT2D eigenvalue weighted by Crippen LogP contribution is 2.31. The second-order valence-corrected chi connectivity index (χ2v) is 10.7. The van der Waals surface area contributed by atoms with Gasteiger partial charge in [0.2, 0.25) is 15.9 Å². The van der Waals surface area contributed by atoms with E-state index in [-0.39, 0.29) is 30.2 Å². The number of carbonyl (C=O) groups is 1. The number of hydrogen-bond donors (Lipinski definition) is 1. The molecule has 2 aromatic carbocycles. The molecule has 0 bridgehead atoms. The zero-order valence-electron chi connectivity index (χ0n) is 18.2. The fourth-order valence-corrected chi connectivity index (χ4v) is 5.06. The highest BCUT2D eigenvalue weighted by molar-refractivity contribution is 7.89. The first kappa shape index (κ1) is 24.6. The van der Waals surface area contributed by atoms with Crippen molar-refractivity contribution in [2.24, 2.45) is 5.92 Å². The van der Waals surface area contributed by atoms with Crippen molar-refractivity contribution in [2.45, 2.75) is 45.4 Å². The third-order valence-corrected chi connectivity index (χ3v) is 7.32. The van der Waals surface area contributed by atoms with Crippen LogP contribution in [0, 0.1) is 11.7 Å². The lowest BCUT2D eigenvalue weighted by Crippen LogP contribution is -2.50. The van der Waals surface area contributed by atoms with Gasteiger partial charge in [-0.1, -0.05) is 55.8 Å². The summed E-state index contributed by atoms with van der Waals surface area (Å²) in [7, 11) is -3.73. The van der Waals surface area contributed by atoms with Crippen LogP contribution >= 0.6 is 11.6 Å². The molecule has 0 saturated carbocycles. The molecule has 2 aromatic rings. The highest BCUT2D eigenvalue weighted by atomic mass is 35.5. The summed E-state index contributed by atoms with van der Waals surface area (Å²) in [5, 5.41) is 0.464. The number of nitrogens with one attached hydrogen (secondary N) is 1. The van der Waals surface area contributed by atoms with Crippen LogP contribution in [0.2, 0.25) is 5.02 Å². The van der Waals surface area contributed by atoms with Crippen molar-refractivity contribution in [3.05, 3.63) is 58.9 Å². The lowest BCUT2D eigenvalue weighted by atomic mass is 9.95. The Morgan fingerprint density at radius 2 is 1.94 bits per heavy atom. The number of hydrogen-bond acceptors (Lipinski definition) is 3. The lowest BCUT2D eigenvalue weighted by molar-refractivity contribution is -0.135. The first-order valence-electron chi connectivity index (χ1n) is 10.5. The monoisotopic (exact) mass is 484 g/mol. The number of nitrogens with zero attached hydrogens (tertiary/aromatic N) is 1. The molecule has 0 radical (unpaired) electrons. The first-order chi connectivity index (χ1) is 15.0. The summed E-state index contributed by atoms with van der Waals surface area (Å²) < 4.78 is 57.2. The predicted octanol–water partition coefficient (Wildman–Crippen LogP) is 4.20. The molecule has 9 heteroatoms. The summed E-state index contributed by atoms with van der Waals surface area (Å²) in [5.41, 5.74) is 1.18. The number of likely N-dealkylation sites (tertiary alicyclic amines) is 1. The molecule has 0 aromatic heterocycles. The van der Waals surface area contributed by atoms with Crippen LogP contribution in [0.4, 0.5) is 8.78 Å². The molecule has 3 atom stereocenters. The van der Waals surface area contributed by atoms with Crippen molar-refractivity contribution in [3.63, 3.8) is 0 Å². The van der Waals surface area contributed by atoms with Gasteiger partial charge in [-0.15, -0.1) is 0 Å². The van der Waals surface area contributed by atoms with Crippen molar-refractivity contribution < 1.29 is 22.0 Å². The van der Waals surface area contributed by atoms with E-state index in [1.165, 1.54) is 11.8 Å². The number of sulfonamides is 1. The Kier molecular flexibility index (Phi) is 7.57. The average molecular weight is 485 g/mol. The second-order valence-electron chi connectivity index (χ2n) is 8.27. The fourth-order valence-electron chi connectivity index (χ4n) is 3.98. The van der Waals surface area contributed by atoms with Gasteiger partial charge in [-0.25, -0.2) is 21.9 Å². The number of halogens is 3. The van der Waals surface area contributed by atoms with Gasteiger partial charge in [0.05, 0.1) is 24.4 Å². The maximum absolute atomic E-state index is 15.5. The third kappa shape index (κ3) is 5.30. The van der Waals surface area contributed by atoms with Crippen LogP contribution in [0.5, 0.6) is 0 Å². The smallest absolute Gasteiger partial charge is 0.225 e. The Hall–Kier alpha value is -2.03.